The van der Waals surface area contributed by atoms with Crippen LogP contribution in [0.2, 0.25) is 0 Å². The van der Waals surface area contributed by atoms with Crippen LogP contribution in [-0.2, 0) is 0 Å². The molecule has 1 aliphatic rings. The molecule has 2 N–H and O–H groups in total. The molecule has 0 amide bonds. The van der Waals surface area contributed by atoms with Crippen molar-refractivity contribution in [3.05, 3.63) is 41.2 Å². The summed E-state index contributed by atoms with van der Waals surface area (Å²) < 4.78 is 0. The lowest BCUT2D eigenvalue weighted by molar-refractivity contribution is -0.848. The molecule has 0 radical (unpaired) electrons. The summed E-state index contributed by atoms with van der Waals surface area (Å²) in [5, 5.41) is 21.8. The molecule has 0 atom stereocenters. The number of aromatic carboxylic acids is 1. The van der Waals surface area contributed by atoms with Crippen molar-refractivity contribution in [3.8, 4) is 0 Å². The minimum atomic E-state index is -0.991. The molecule has 0 aliphatic carbocycles. The van der Waals surface area contributed by atoms with Gasteiger partial charge in [-0.1, -0.05) is 18.2 Å². The maximum Gasteiger partial charge on any atom is 0.339 e. The lowest BCUT2D eigenvalue weighted by atomic mass is 10.1. The average Bonchev–Trinajstić information content (AvgIpc) is 2.47. The maximum atomic E-state index is 11.4. The highest BCUT2D eigenvalue weighted by atomic mass is 16.5. The molecule has 2 heterocycles. The molecule has 1 saturated heterocycles. The molecule has 1 aromatic heterocycles. The van der Waals surface area contributed by atoms with Crippen LogP contribution in [0.4, 0.5) is 5.69 Å². The number of carboxylic acid groups (broad SMARTS) is 1. The standard InChI is InChI=1S/C14H15N3O3/c18-14(19)11-9-15-12-4-2-1-3-10(12)13(11)16-5-7-17(20)8-6-16/h1-4,9,17H,5-8H2,(H,18,19). The van der Waals surface area contributed by atoms with E-state index in [9.17, 15) is 15.1 Å². The van der Waals surface area contributed by atoms with Crippen LogP contribution < -0.4 is 9.96 Å². The number of nitrogens with zero attached hydrogens (tertiary/aromatic N) is 2. The summed E-state index contributed by atoms with van der Waals surface area (Å²) in [5.74, 6) is -0.991. The Balaban J connectivity index is 2.15. The number of rotatable bonds is 2. The van der Waals surface area contributed by atoms with Gasteiger partial charge in [0.2, 0.25) is 0 Å². The largest absolute Gasteiger partial charge is 0.634 e. The van der Waals surface area contributed by atoms with E-state index in [-0.39, 0.29) is 10.6 Å². The van der Waals surface area contributed by atoms with Gasteiger partial charge in [0.05, 0.1) is 37.4 Å². The van der Waals surface area contributed by atoms with Gasteiger partial charge in [0.1, 0.15) is 5.56 Å². The molecule has 0 spiro atoms. The van der Waals surface area contributed by atoms with E-state index in [0.717, 1.165) is 10.9 Å². The average molecular weight is 273 g/mol. The molecule has 0 unspecified atom stereocenters. The van der Waals surface area contributed by atoms with Crippen LogP contribution in [0.25, 0.3) is 10.9 Å². The van der Waals surface area contributed by atoms with E-state index in [1.807, 2.05) is 29.2 Å². The number of benzene rings is 1. The third kappa shape index (κ3) is 2.19. The highest BCUT2D eigenvalue weighted by molar-refractivity contribution is 6.04. The Kier molecular flexibility index (Phi) is 3.25. The number of carboxylic acids is 1. The minimum Gasteiger partial charge on any atom is -0.634 e. The summed E-state index contributed by atoms with van der Waals surface area (Å²) in [7, 11) is 0. The summed E-state index contributed by atoms with van der Waals surface area (Å²) in [5.41, 5.74) is 1.64. The van der Waals surface area contributed by atoms with Crippen molar-refractivity contribution < 1.29 is 15.0 Å². The molecule has 1 aliphatic heterocycles. The fraction of sp³-hybridized carbons (Fsp3) is 0.286. The van der Waals surface area contributed by atoms with Gasteiger partial charge in [0.15, 0.2) is 0 Å². The number of anilines is 1. The molecule has 0 saturated carbocycles. The second-order valence-electron chi connectivity index (χ2n) is 4.87. The second kappa shape index (κ2) is 5.07. The zero-order valence-corrected chi connectivity index (χ0v) is 10.9. The molecule has 6 nitrogen and oxygen atoms in total. The van der Waals surface area contributed by atoms with Gasteiger partial charge in [0, 0.05) is 11.6 Å². The van der Waals surface area contributed by atoms with Gasteiger partial charge in [-0.3, -0.25) is 4.98 Å². The van der Waals surface area contributed by atoms with Gasteiger partial charge in [0.25, 0.3) is 0 Å². The van der Waals surface area contributed by atoms with E-state index in [2.05, 4.69) is 4.98 Å². The summed E-state index contributed by atoms with van der Waals surface area (Å²) in [6.45, 7) is 2.06. The smallest absolute Gasteiger partial charge is 0.339 e. The van der Waals surface area contributed by atoms with Crippen LogP contribution in [0, 0.1) is 5.21 Å². The zero-order valence-electron chi connectivity index (χ0n) is 10.9. The van der Waals surface area contributed by atoms with Crippen LogP contribution in [-0.4, -0.2) is 42.2 Å². The Hall–Kier alpha value is -2.18. The third-order valence-electron chi connectivity index (χ3n) is 3.61. The van der Waals surface area contributed by atoms with Crippen molar-refractivity contribution >= 4 is 22.6 Å². The van der Waals surface area contributed by atoms with Gasteiger partial charge in [-0.25, -0.2) is 4.79 Å². The zero-order chi connectivity index (χ0) is 14.1. The number of para-hydroxylation sites is 1. The summed E-state index contributed by atoms with van der Waals surface area (Å²) >= 11 is 0. The van der Waals surface area contributed by atoms with Crippen LogP contribution in [0.3, 0.4) is 0 Å². The van der Waals surface area contributed by atoms with Crippen molar-refractivity contribution in [2.24, 2.45) is 0 Å². The van der Waals surface area contributed by atoms with E-state index in [0.29, 0.717) is 31.9 Å². The molecule has 104 valence electrons. The predicted octanol–water partition coefficient (Wildman–Crippen LogP) is 0.136. The molecule has 1 fully saturated rings. The molecule has 6 heteroatoms. The Bertz CT molecular complexity index is 651. The fourth-order valence-corrected chi connectivity index (χ4v) is 2.60. The van der Waals surface area contributed by atoms with E-state index in [1.54, 1.807) is 0 Å². The number of quaternary nitrogens is 1. The molecular weight excluding hydrogens is 258 g/mol. The van der Waals surface area contributed by atoms with Crippen molar-refractivity contribution in [2.75, 3.05) is 31.1 Å². The maximum absolute atomic E-state index is 11.4. The molecule has 20 heavy (non-hydrogen) atoms. The summed E-state index contributed by atoms with van der Waals surface area (Å²) in [6.07, 6.45) is 1.40. The van der Waals surface area contributed by atoms with Crippen LogP contribution in [0.15, 0.2) is 30.5 Å². The summed E-state index contributed by atoms with van der Waals surface area (Å²) in [6, 6.07) is 7.48. The first-order chi connectivity index (χ1) is 9.66. The fourth-order valence-electron chi connectivity index (χ4n) is 2.60. The van der Waals surface area contributed by atoms with E-state index in [4.69, 9.17) is 0 Å². The first-order valence-corrected chi connectivity index (χ1v) is 6.54. The quantitative estimate of drug-likeness (QED) is 0.761. The molecule has 2 aromatic rings. The number of hydroxylamine groups is 2. The molecule has 3 rings (SSSR count). The predicted molar refractivity (Wildman–Crippen MR) is 75.0 cm³/mol. The highest BCUT2D eigenvalue weighted by Crippen LogP contribution is 2.29. The first-order valence-electron chi connectivity index (χ1n) is 6.54. The SMILES string of the molecule is O=C(O)c1cnc2ccccc2c1N1CC[NH+]([O-])CC1. The number of piperazine rings is 1. The second-order valence-corrected chi connectivity index (χ2v) is 4.87. The van der Waals surface area contributed by atoms with Crippen molar-refractivity contribution in [2.45, 2.75) is 0 Å². The van der Waals surface area contributed by atoms with Gasteiger partial charge in [-0.15, -0.1) is 0 Å². The third-order valence-corrected chi connectivity index (χ3v) is 3.61. The van der Waals surface area contributed by atoms with E-state index >= 15 is 0 Å². The molecule has 1 aromatic carbocycles. The van der Waals surface area contributed by atoms with Gasteiger partial charge >= 0.3 is 5.97 Å². The topological polar surface area (TPSA) is 80.9 Å². The van der Waals surface area contributed by atoms with Gasteiger partial charge in [-0.2, -0.15) is 0 Å². The number of pyridine rings is 1. The van der Waals surface area contributed by atoms with Crippen LogP contribution in [0.5, 0.6) is 0 Å². The van der Waals surface area contributed by atoms with Gasteiger partial charge < -0.3 is 20.3 Å². The van der Waals surface area contributed by atoms with Gasteiger partial charge in [-0.05, 0) is 6.07 Å². The van der Waals surface area contributed by atoms with E-state index < -0.39 is 5.97 Å². The Morgan fingerprint density at radius 2 is 2.00 bits per heavy atom. The van der Waals surface area contributed by atoms with Crippen molar-refractivity contribution in [1.29, 1.82) is 0 Å². The number of carbonyl (C=O) groups is 1. The Morgan fingerprint density at radius 3 is 2.70 bits per heavy atom. The van der Waals surface area contributed by atoms with Crippen LogP contribution in [0.1, 0.15) is 10.4 Å². The molecule has 0 bridgehead atoms. The Labute approximate surface area is 115 Å². The van der Waals surface area contributed by atoms with Crippen molar-refractivity contribution in [3.63, 3.8) is 0 Å². The first kappa shape index (κ1) is 12.8. The Morgan fingerprint density at radius 1 is 1.30 bits per heavy atom. The number of nitrogens with one attached hydrogen (secondary N) is 1. The monoisotopic (exact) mass is 273 g/mol. The summed E-state index contributed by atoms with van der Waals surface area (Å²) in [4.78, 5) is 17.6. The van der Waals surface area contributed by atoms with E-state index in [1.165, 1.54) is 6.20 Å². The lowest BCUT2D eigenvalue weighted by Gasteiger charge is -2.36. The molecular formula is C14H15N3O3. The number of aromatic nitrogens is 1. The number of hydrogen-bond acceptors (Lipinski definition) is 4. The highest BCUT2D eigenvalue weighted by Gasteiger charge is 2.23. The number of hydrogen-bond donors (Lipinski definition) is 2. The van der Waals surface area contributed by atoms with Crippen LogP contribution >= 0.6 is 0 Å². The minimum absolute atomic E-state index is 0.193. The lowest BCUT2D eigenvalue weighted by Crippen LogP contribution is -3.10. The normalized spacial score (nSPS) is 16.6. The van der Waals surface area contributed by atoms with Crippen molar-refractivity contribution in [1.82, 2.24) is 4.98 Å². The number of fused-ring (bicyclic) bond motifs is 1.